The third kappa shape index (κ3) is 3.36. The summed E-state index contributed by atoms with van der Waals surface area (Å²) in [6, 6.07) is 23.6. The van der Waals surface area contributed by atoms with Gasteiger partial charge in [0.1, 0.15) is 24.4 Å². The number of para-hydroxylation sites is 1. The molecule has 0 bridgehead atoms. The SMILES string of the molecule is COc1ccc(OCc2ccc(-c3nc4c5ccccc5ncn4n3)cc2)cc1. The summed E-state index contributed by atoms with van der Waals surface area (Å²) in [4.78, 5) is 9.15. The lowest BCUT2D eigenvalue weighted by Crippen LogP contribution is -1.95. The van der Waals surface area contributed by atoms with Gasteiger partial charge < -0.3 is 9.47 Å². The quantitative estimate of drug-likeness (QED) is 0.447. The molecule has 0 aliphatic rings. The minimum Gasteiger partial charge on any atom is -0.497 e. The molecule has 0 amide bonds. The third-order valence-corrected chi connectivity index (χ3v) is 4.76. The fraction of sp³-hybridized carbons (Fsp3) is 0.0870. The molecule has 0 atom stereocenters. The lowest BCUT2D eigenvalue weighted by Gasteiger charge is -2.07. The highest BCUT2D eigenvalue weighted by Gasteiger charge is 2.10. The van der Waals surface area contributed by atoms with E-state index in [9.17, 15) is 0 Å². The van der Waals surface area contributed by atoms with Crippen molar-refractivity contribution in [1.29, 1.82) is 0 Å². The number of methoxy groups -OCH3 is 1. The number of rotatable bonds is 5. The van der Waals surface area contributed by atoms with Crippen LogP contribution in [0.15, 0.2) is 79.1 Å². The second-order valence-electron chi connectivity index (χ2n) is 6.63. The summed E-state index contributed by atoms with van der Waals surface area (Å²) in [5, 5.41) is 5.56. The van der Waals surface area contributed by atoms with Gasteiger partial charge in [0.15, 0.2) is 11.5 Å². The molecule has 0 aliphatic carbocycles. The Kier molecular flexibility index (Phi) is 4.29. The van der Waals surface area contributed by atoms with Gasteiger partial charge in [-0.25, -0.2) is 14.5 Å². The van der Waals surface area contributed by atoms with Crippen LogP contribution in [0.25, 0.3) is 27.9 Å². The number of aromatic nitrogens is 4. The zero-order chi connectivity index (χ0) is 19.6. The molecule has 6 nitrogen and oxygen atoms in total. The van der Waals surface area contributed by atoms with E-state index < -0.39 is 0 Å². The number of ether oxygens (including phenoxy) is 2. The molecule has 0 radical (unpaired) electrons. The van der Waals surface area contributed by atoms with Crippen molar-refractivity contribution in [3.05, 3.63) is 84.7 Å². The summed E-state index contributed by atoms with van der Waals surface area (Å²) in [5.74, 6) is 2.28. The summed E-state index contributed by atoms with van der Waals surface area (Å²) >= 11 is 0. The largest absolute Gasteiger partial charge is 0.497 e. The number of benzene rings is 3. The van der Waals surface area contributed by atoms with Crippen molar-refractivity contribution in [3.63, 3.8) is 0 Å². The van der Waals surface area contributed by atoms with Crippen LogP contribution in [0.3, 0.4) is 0 Å². The first kappa shape index (κ1) is 17.2. The van der Waals surface area contributed by atoms with E-state index in [1.165, 1.54) is 0 Å². The fourth-order valence-corrected chi connectivity index (χ4v) is 3.19. The molecule has 0 N–H and O–H groups in total. The molecule has 29 heavy (non-hydrogen) atoms. The maximum atomic E-state index is 5.83. The molecule has 0 fully saturated rings. The van der Waals surface area contributed by atoms with Crippen LogP contribution in [0, 0.1) is 0 Å². The molecule has 0 saturated heterocycles. The van der Waals surface area contributed by atoms with Gasteiger partial charge in [-0.3, -0.25) is 0 Å². The molecular weight excluding hydrogens is 364 g/mol. The first-order valence-corrected chi connectivity index (χ1v) is 9.26. The smallest absolute Gasteiger partial charge is 0.182 e. The van der Waals surface area contributed by atoms with Crippen LogP contribution in [-0.2, 0) is 6.61 Å². The summed E-state index contributed by atoms with van der Waals surface area (Å²) in [5.41, 5.74) is 3.73. The predicted octanol–water partition coefficient (Wildman–Crippen LogP) is 4.53. The maximum absolute atomic E-state index is 5.83. The number of hydrogen-bond donors (Lipinski definition) is 0. The molecule has 3 aromatic carbocycles. The zero-order valence-corrected chi connectivity index (χ0v) is 15.8. The monoisotopic (exact) mass is 382 g/mol. The van der Waals surface area contributed by atoms with Crippen LogP contribution in [0.2, 0.25) is 0 Å². The van der Waals surface area contributed by atoms with Gasteiger partial charge in [0.25, 0.3) is 0 Å². The fourth-order valence-electron chi connectivity index (χ4n) is 3.19. The van der Waals surface area contributed by atoms with Gasteiger partial charge in [-0.05, 0) is 42.0 Å². The Morgan fingerprint density at radius 2 is 1.62 bits per heavy atom. The molecule has 0 saturated carbocycles. The van der Waals surface area contributed by atoms with Crippen molar-refractivity contribution in [1.82, 2.24) is 19.6 Å². The maximum Gasteiger partial charge on any atom is 0.182 e. The Morgan fingerprint density at radius 3 is 2.41 bits per heavy atom. The van der Waals surface area contributed by atoms with Crippen molar-refractivity contribution < 1.29 is 9.47 Å². The van der Waals surface area contributed by atoms with Gasteiger partial charge in [0.2, 0.25) is 0 Å². The summed E-state index contributed by atoms with van der Waals surface area (Å²) in [6.45, 7) is 0.486. The lowest BCUT2D eigenvalue weighted by atomic mass is 10.1. The summed E-state index contributed by atoms with van der Waals surface area (Å²) in [6.07, 6.45) is 1.70. The second-order valence-corrected chi connectivity index (χ2v) is 6.63. The Hall–Kier alpha value is -3.93. The topological polar surface area (TPSA) is 61.5 Å². The van der Waals surface area contributed by atoms with E-state index in [2.05, 4.69) is 10.1 Å². The molecule has 5 aromatic rings. The van der Waals surface area contributed by atoms with E-state index in [0.717, 1.165) is 39.2 Å². The molecule has 2 heterocycles. The molecular formula is C23H18N4O2. The van der Waals surface area contributed by atoms with Crippen LogP contribution < -0.4 is 9.47 Å². The lowest BCUT2D eigenvalue weighted by molar-refractivity contribution is 0.305. The van der Waals surface area contributed by atoms with Crippen LogP contribution >= 0.6 is 0 Å². The minimum absolute atomic E-state index is 0.486. The molecule has 0 unspecified atom stereocenters. The van der Waals surface area contributed by atoms with Crippen molar-refractivity contribution in [2.75, 3.05) is 7.11 Å². The molecule has 0 aliphatic heterocycles. The van der Waals surface area contributed by atoms with Gasteiger partial charge in [-0.1, -0.05) is 36.4 Å². The first-order chi connectivity index (χ1) is 14.3. The van der Waals surface area contributed by atoms with Crippen LogP contribution in [-0.4, -0.2) is 26.7 Å². The second kappa shape index (κ2) is 7.24. The molecule has 142 valence electrons. The molecule has 6 heteroatoms. The van der Waals surface area contributed by atoms with Crippen molar-refractivity contribution >= 4 is 16.6 Å². The van der Waals surface area contributed by atoms with Crippen LogP contribution in [0.5, 0.6) is 11.5 Å². The van der Waals surface area contributed by atoms with E-state index in [0.29, 0.717) is 12.4 Å². The zero-order valence-electron chi connectivity index (χ0n) is 15.8. The summed E-state index contributed by atoms with van der Waals surface area (Å²) in [7, 11) is 1.65. The standard InChI is InChI=1S/C23H18N4O2/c1-28-18-10-12-19(13-11-18)29-14-16-6-8-17(9-7-16)22-25-23-20-4-2-3-5-21(20)24-15-27(23)26-22/h2-13,15H,14H2,1H3. The predicted molar refractivity (Wildman–Crippen MR) is 111 cm³/mol. The van der Waals surface area contributed by atoms with Gasteiger partial charge in [0.05, 0.1) is 12.6 Å². The Morgan fingerprint density at radius 1 is 0.862 bits per heavy atom. The highest BCUT2D eigenvalue weighted by Crippen LogP contribution is 2.22. The molecule has 5 rings (SSSR count). The van der Waals surface area contributed by atoms with E-state index in [1.54, 1.807) is 18.0 Å². The number of fused-ring (bicyclic) bond motifs is 3. The summed E-state index contributed by atoms with van der Waals surface area (Å²) < 4.78 is 12.7. The van der Waals surface area contributed by atoms with Crippen LogP contribution in [0.4, 0.5) is 0 Å². The Bertz CT molecular complexity index is 1280. The molecule has 0 spiro atoms. The van der Waals surface area contributed by atoms with Crippen molar-refractivity contribution in [3.8, 4) is 22.9 Å². The first-order valence-electron chi connectivity index (χ1n) is 9.26. The van der Waals surface area contributed by atoms with Gasteiger partial charge >= 0.3 is 0 Å². The third-order valence-electron chi connectivity index (χ3n) is 4.76. The van der Waals surface area contributed by atoms with Gasteiger partial charge in [-0.2, -0.15) is 0 Å². The van der Waals surface area contributed by atoms with E-state index in [4.69, 9.17) is 14.5 Å². The van der Waals surface area contributed by atoms with Gasteiger partial charge in [0, 0.05) is 10.9 Å². The van der Waals surface area contributed by atoms with Crippen LogP contribution in [0.1, 0.15) is 5.56 Å². The van der Waals surface area contributed by atoms with Crippen molar-refractivity contribution in [2.45, 2.75) is 6.61 Å². The normalized spacial score (nSPS) is 11.1. The average molecular weight is 382 g/mol. The highest BCUT2D eigenvalue weighted by atomic mass is 16.5. The average Bonchev–Trinajstić information content (AvgIpc) is 3.23. The minimum atomic E-state index is 0.486. The number of nitrogens with zero attached hydrogens (tertiary/aromatic N) is 4. The highest BCUT2D eigenvalue weighted by molar-refractivity contribution is 5.91. The Labute approximate surface area is 167 Å². The van der Waals surface area contributed by atoms with E-state index in [1.807, 2.05) is 72.8 Å². The van der Waals surface area contributed by atoms with E-state index in [-0.39, 0.29) is 0 Å². The van der Waals surface area contributed by atoms with Gasteiger partial charge in [-0.15, -0.1) is 5.10 Å². The van der Waals surface area contributed by atoms with Crippen molar-refractivity contribution in [2.24, 2.45) is 0 Å². The Balaban J connectivity index is 1.36. The van der Waals surface area contributed by atoms with E-state index >= 15 is 0 Å². The number of hydrogen-bond acceptors (Lipinski definition) is 5. The molecule has 2 aromatic heterocycles.